The number of benzene rings is 1. The first-order chi connectivity index (χ1) is 8.27. The fourth-order valence-corrected chi connectivity index (χ4v) is 1.82. The Balaban J connectivity index is 2.02. The van der Waals surface area contributed by atoms with Gasteiger partial charge in [-0.2, -0.15) is 0 Å². The van der Waals surface area contributed by atoms with Crippen LogP contribution < -0.4 is 0 Å². The smallest absolute Gasteiger partial charge is 0.278 e. The average Bonchev–Trinajstić information content (AvgIpc) is 2.82. The first-order valence-corrected chi connectivity index (χ1v) is 5.62. The van der Waals surface area contributed by atoms with Crippen molar-refractivity contribution in [1.29, 1.82) is 0 Å². The SMILES string of the molecule is O=[N+]([O-])c1ccccc1C=NCC1CCCO1. The van der Waals surface area contributed by atoms with Crippen LogP contribution in [0.1, 0.15) is 18.4 Å². The van der Waals surface area contributed by atoms with Gasteiger partial charge in [0.05, 0.1) is 23.1 Å². The van der Waals surface area contributed by atoms with E-state index < -0.39 is 4.92 Å². The maximum Gasteiger partial charge on any atom is 0.278 e. The van der Waals surface area contributed by atoms with E-state index in [1.54, 1.807) is 24.4 Å². The van der Waals surface area contributed by atoms with Crippen molar-refractivity contribution in [3.63, 3.8) is 0 Å². The molecule has 1 saturated heterocycles. The molecular formula is C12H14N2O3. The molecule has 1 fully saturated rings. The minimum absolute atomic E-state index is 0.0867. The molecule has 0 saturated carbocycles. The Hall–Kier alpha value is -1.75. The Morgan fingerprint density at radius 2 is 2.35 bits per heavy atom. The van der Waals surface area contributed by atoms with Crippen molar-refractivity contribution in [2.24, 2.45) is 4.99 Å². The van der Waals surface area contributed by atoms with E-state index >= 15 is 0 Å². The number of nitro benzene ring substituents is 1. The molecule has 1 aromatic rings. The lowest BCUT2D eigenvalue weighted by molar-refractivity contribution is -0.385. The van der Waals surface area contributed by atoms with E-state index in [1.807, 2.05) is 0 Å². The molecule has 1 atom stereocenters. The number of nitrogens with zero attached hydrogens (tertiary/aromatic N) is 2. The van der Waals surface area contributed by atoms with Gasteiger partial charge < -0.3 is 4.74 Å². The van der Waals surface area contributed by atoms with Gasteiger partial charge in [-0.25, -0.2) is 0 Å². The van der Waals surface area contributed by atoms with Crippen LogP contribution in [0.5, 0.6) is 0 Å². The summed E-state index contributed by atoms with van der Waals surface area (Å²) < 4.78 is 5.42. The number of nitro groups is 1. The standard InChI is InChI=1S/C12H14N2O3/c15-14(16)12-6-2-1-4-10(12)8-13-9-11-5-3-7-17-11/h1-2,4,6,8,11H,3,5,7,9H2. The molecule has 0 N–H and O–H groups in total. The van der Waals surface area contributed by atoms with Crippen molar-refractivity contribution in [3.05, 3.63) is 39.9 Å². The maximum absolute atomic E-state index is 10.8. The molecule has 5 nitrogen and oxygen atoms in total. The Kier molecular flexibility index (Phi) is 3.82. The number of ether oxygens (including phenoxy) is 1. The van der Waals surface area contributed by atoms with Gasteiger partial charge in [0.15, 0.2) is 0 Å². The predicted octanol–water partition coefficient (Wildman–Crippen LogP) is 2.19. The largest absolute Gasteiger partial charge is 0.376 e. The summed E-state index contributed by atoms with van der Waals surface area (Å²) in [6.45, 7) is 1.37. The predicted molar refractivity (Wildman–Crippen MR) is 64.5 cm³/mol. The van der Waals surface area contributed by atoms with Crippen LogP contribution in [0.4, 0.5) is 5.69 Å². The highest BCUT2D eigenvalue weighted by molar-refractivity contribution is 5.85. The fraction of sp³-hybridized carbons (Fsp3) is 0.417. The lowest BCUT2D eigenvalue weighted by atomic mass is 10.2. The van der Waals surface area contributed by atoms with Crippen LogP contribution in [0.15, 0.2) is 29.3 Å². The van der Waals surface area contributed by atoms with Gasteiger partial charge in [0.2, 0.25) is 0 Å². The number of hydrogen-bond acceptors (Lipinski definition) is 4. The highest BCUT2D eigenvalue weighted by atomic mass is 16.6. The summed E-state index contributed by atoms with van der Waals surface area (Å²) in [5.74, 6) is 0. The number of para-hydroxylation sites is 1. The molecule has 0 radical (unpaired) electrons. The van der Waals surface area contributed by atoms with E-state index in [2.05, 4.69) is 4.99 Å². The van der Waals surface area contributed by atoms with E-state index in [0.29, 0.717) is 12.1 Å². The summed E-state index contributed by atoms with van der Waals surface area (Å²) in [7, 11) is 0. The van der Waals surface area contributed by atoms with E-state index in [-0.39, 0.29) is 11.8 Å². The Bertz CT molecular complexity index is 426. The average molecular weight is 234 g/mol. The second-order valence-electron chi connectivity index (χ2n) is 3.95. The van der Waals surface area contributed by atoms with Crippen LogP contribution >= 0.6 is 0 Å². The van der Waals surface area contributed by atoms with Gasteiger partial charge in [0.25, 0.3) is 5.69 Å². The Morgan fingerprint density at radius 1 is 1.53 bits per heavy atom. The molecule has 0 amide bonds. The minimum Gasteiger partial charge on any atom is -0.376 e. The third kappa shape index (κ3) is 3.10. The molecular weight excluding hydrogens is 220 g/mol. The quantitative estimate of drug-likeness (QED) is 0.455. The summed E-state index contributed by atoms with van der Waals surface area (Å²) in [6.07, 6.45) is 3.83. The Labute approximate surface area is 99.3 Å². The molecule has 0 bridgehead atoms. The molecule has 5 heteroatoms. The second kappa shape index (κ2) is 5.54. The second-order valence-corrected chi connectivity index (χ2v) is 3.95. The van der Waals surface area contributed by atoms with Crippen LogP contribution in [-0.2, 0) is 4.74 Å². The molecule has 1 aromatic carbocycles. The van der Waals surface area contributed by atoms with E-state index in [4.69, 9.17) is 4.74 Å². The van der Waals surface area contributed by atoms with Crippen molar-refractivity contribution < 1.29 is 9.66 Å². The first-order valence-electron chi connectivity index (χ1n) is 5.62. The van der Waals surface area contributed by atoms with Crippen LogP contribution in [0.2, 0.25) is 0 Å². The summed E-state index contributed by atoms with van der Waals surface area (Å²) >= 11 is 0. The third-order valence-electron chi connectivity index (χ3n) is 2.70. The molecule has 90 valence electrons. The highest BCUT2D eigenvalue weighted by Gasteiger charge is 2.14. The topological polar surface area (TPSA) is 64.7 Å². The van der Waals surface area contributed by atoms with Crippen LogP contribution in [-0.4, -0.2) is 30.4 Å². The highest BCUT2D eigenvalue weighted by Crippen LogP contribution is 2.16. The molecule has 0 spiro atoms. The van der Waals surface area contributed by atoms with Crippen molar-refractivity contribution in [3.8, 4) is 0 Å². The van der Waals surface area contributed by atoms with Crippen LogP contribution in [0.3, 0.4) is 0 Å². The monoisotopic (exact) mass is 234 g/mol. The number of aliphatic imine (C=N–C) groups is 1. The lowest BCUT2D eigenvalue weighted by Crippen LogP contribution is -2.09. The first kappa shape index (κ1) is 11.7. The minimum atomic E-state index is -0.395. The van der Waals surface area contributed by atoms with Gasteiger partial charge in [-0.05, 0) is 18.9 Å². The van der Waals surface area contributed by atoms with Crippen LogP contribution in [0, 0.1) is 10.1 Å². The normalized spacial score (nSPS) is 19.9. The number of hydrogen-bond donors (Lipinski definition) is 0. The zero-order chi connectivity index (χ0) is 12.1. The van der Waals surface area contributed by atoms with Gasteiger partial charge in [-0.1, -0.05) is 12.1 Å². The summed E-state index contributed by atoms with van der Waals surface area (Å²) in [6, 6.07) is 6.58. The molecule has 0 aliphatic carbocycles. The molecule has 1 unspecified atom stereocenters. The van der Waals surface area contributed by atoms with E-state index in [1.165, 1.54) is 6.07 Å². The molecule has 1 aliphatic heterocycles. The van der Waals surface area contributed by atoms with Gasteiger partial charge in [-0.3, -0.25) is 15.1 Å². The summed E-state index contributed by atoms with van der Waals surface area (Å²) in [4.78, 5) is 14.6. The molecule has 17 heavy (non-hydrogen) atoms. The third-order valence-corrected chi connectivity index (χ3v) is 2.70. The van der Waals surface area contributed by atoms with Gasteiger partial charge in [0.1, 0.15) is 0 Å². The van der Waals surface area contributed by atoms with Crippen molar-refractivity contribution >= 4 is 11.9 Å². The van der Waals surface area contributed by atoms with Crippen molar-refractivity contribution in [2.45, 2.75) is 18.9 Å². The van der Waals surface area contributed by atoms with Gasteiger partial charge in [0, 0.05) is 18.9 Å². The van der Waals surface area contributed by atoms with Gasteiger partial charge >= 0.3 is 0 Å². The summed E-state index contributed by atoms with van der Waals surface area (Å²) in [5, 5.41) is 10.8. The van der Waals surface area contributed by atoms with Gasteiger partial charge in [-0.15, -0.1) is 0 Å². The van der Waals surface area contributed by atoms with E-state index in [9.17, 15) is 10.1 Å². The lowest BCUT2D eigenvalue weighted by Gasteiger charge is -2.03. The molecule has 0 aromatic heterocycles. The molecule has 1 heterocycles. The van der Waals surface area contributed by atoms with E-state index in [0.717, 1.165) is 19.4 Å². The molecule has 1 aliphatic rings. The summed E-state index contributed by atoms with van der Waals surface area (Å²) in [5.41, 5.74) is 0.624. The van der Waals surface area contributed by atoms with Crippen LogP contribution in [0.25, 0.3) is 0 Å². The molecule has 2 rings (SSSR count). The number of rotatable bonds is 4. The zero-order valence-electron chi connectivity index (χ0n) is 9.41. The fourth-order valence-electron chi connectivity index (χ4n) is 1.82. The zero-order valence-corrected chi connectivity index (χ0v) is 9.41. The van der Waals surface area contributed by atoms with Crippen molar-refractivity contribution in [2.75, 3.05) is 13.2 Å². The maximum atomic E-state index is 10.8. The van der Waals surface area contributed by atoms with Crippen molar-refractivity contribution in [1.82, 2.24) is 0 Å². The Morgan fingerprint density at radius 3 is 3.06 bits per heavy atom.